The fraction of sp³-hybridized carbons (Fsp3) is 0.800. The summed E-state index contributed by atoms with van der Waals surface area (Å²) < 4.78 is 0. The van der Waals surface area contributed by atoms with E-state index in [-0.39, 0.29) is 18.6 Å². The van der Waals surface area contributed by atoms with Crippen molar-refractivity contribution in [3.63, 3.8) is 0 Å². The van der Waals surface area contributed by atoms with Gasteiger partial charge >= 0.3 is 0 Å². The van der Waals surface area contributed by atoms with E-state index in [1.54, 1.807) is 0 Å². The first-order valence-electron chi connectivity index (χ1n) is 4.58. The molecule has 0 radical (unpaired) electrons. The highest BCUT2D eigenvalue weighted by atomic mass is 16.3. The van der Waals surface area contributed by atoms with Gasteiger partial charge in [-0.15, -0.1) is 0 Å². The van der Waals surface area contributed by atoms with Crippen LogP contribution >= 0.6 is 0 Å². The van der Waals surface area contributed by atoms with Gasteiger partial charge in [-0.25, -0.2) is 0 Å². The van der Waals surface area contributed by atoms with Crippen molar-refractivity contribution in [3.05, 3.63) is 11.6 Å². The molecule has 1 atom stereocenters. The van der Waals surface area contributed by atoms with Crippen LogP contribution < -0.4 is 0 Å². The van der Waals surface area contributed by atoms with Crippen LogP contribution in [0.2, 0.25) is 0 Å². The Morgan fingerprint density at radius 3 is 2.42 bits per heavy atom. The molecule has 1 fully saturated rings. The molecule has 1 rings (SSSR count). The lowest BCUT2D eigenvalue weighted by molar-refractivity contribution is 0.125. The standard InChI is InChI=1S/C10H18O2/c1-3-4-8(2)9-5-10(9,6-11)7-12/h4,9,11-12H,3,5-7H2,1-2H3/b8-4+/t9-/m1/s1. The average Bonchev–Trinajstić information content (AvgIpc) is 2.80. The number of rotatable bonds is 4. The Morgan fingerprint density at radius 2 is 2.08 bits per heavy atom. The van der Waals surface area contributed by atoms with Gasteiger partial charge in [-0.1, -0.05) is 18.6 Å². The van der Waals surface area contributed by atoms with Crippen LogP contribution in [0.15, 0.2) is 11.6 Å². The number of allylic oxidation sites excluding steroid dienone is 2. The first-order chi connectivity index (χ1) is 5.70. The zero-order valence-corrected chi connectivity index (χ0v) is 7.88. The largest absolute Gasteiger partial charge is 0.396 e. The van der Waals surface area contributed by atoms with Crippen LogP contribution in [-0.2, 0) is 0 Å². The van der Waals surface area contributed by atoms with Crippen LogP contribution in [0.4, 0.5) is 0 Å². The molecule has 0 unspecified atom stereocenters. The predicted octanol–water partition coefficient (Wildman–Crippen LogP) is 1.33. The number of hydrogen-bond donors (Lipinski definition) is 2. The maximum absolute atomic E-state index is 9.06. The van der Waals surface area contributed by atoms with E-state index in [1.807, 2.05) is 0 Å². The molecule has 0 aromatic carbocycles. The Kier molecular flexibility index (Phi) is 2.91. The maximum atomic E-state index is 9.06. The van der Waals surface area contributed by atoms with E-state index in [2.05, 4.69) is 19.9 Å². The minimum Gasteiger partial charge on any atom is -0.396 e. The summed E-state index contributed by atoms with van der Waals surface area (Å²) in [5.74, 6) is 0.424. The van der Waals surface area contributed by atoms with Crippen LogP contribution in [0.3, 0.4) is 0 Å². The van der Waals surface area contributed by atoms with Crippen molar-refractivity contribution >= 4 is 0 Å². The van der Waals surface area contributed by atoms with E-state index in [0.29, 0.717) is 5.92 Å². The van der Waals surface area contributed by atoms with E-state index in [9.17, 15) is 0 Å². The van der Waals surface area contributed by atoms with Gasteiger partial charge < -0.3 is 10.2 Å². The minimum atomic E-state index is -0.185. The predicted molar refractivity (Wildman–Crippen MR) is 48.8 cm³/mol. The molecular formula is C10H18O2. The molecule has 0 saturated heterocycles. The lowest BCUT2D eigenvalue weighted by atomic mass is 10.0. The minimum absolute atomic E-state index is 0.114. The molecule has 0 heterocycles. The third kappa shape index (κ3) is 1.54. The monoisotopic (exact) mass is 170 g/mol. The van der Waals surface area contributed by atoms with Crippen LogP contribution in [0.5, 0.6) is 0 Å². The van der Waals surface area contributed by atoms with Crippen molar-refractivity contribution in [2.45, 2.75) is 26.7 Å². The topological polar surface area (TPSA) is 40.5 Å². The van der Waals surface area contributed by atoms with Crippen LogP contribution in [0.25, 0.3) is 0 Å². The van der Waals surface area contributed by atoms with Crippen molar-refractivity contribution < 1.29 is 10.2 Å². The van der Waals surface area contributed by atoms with Gasteiger partial charge in [0.25, 0.3) is 0 Å². The number of hydrogen-bond acceptors (Lipinski definition) is 2. The zero-order valence-electron chi connectivity index (χ0n) is 7.88. The zero-order chi connectivity index (χ0) is 9.19. The Balaban J connectivity index is 2.55. The summed E-state index contributed by atoms with van der Waals surface area (Å²) >= 11 is 0. The summed E-state index contributed by atoms with van der Waals surface area (Å²) in [4.78, 5) is 0. The molecule has 0 aliphatic heterocycles. The fourth-order valence-electron chi connectivity index (χ4n) is 1.86. The van der Waals surface area contributed by atoms with Gasteiger partial charge in [0.2, 0.25) is 0 Å². The van der Waals surface area contributed by atoms with Gasteiger partial charge in [-0.3, -0.25) is 0 Å². The molecule has 1 saturated carbocycles. The van der Waals surface area contributed by atoms with Crippen LogP contribution in [0, 0.1) is 11.3 Å². The summed E-state index contributed by atoms with van der Waals surface area (Å²) in [5, 5.41) is 18.1. The SMILES string of the molecule is CC/C=C(\C)[C@H]1CC1(CO)CO. The van der Waals surface area contributed by atoms with Gasteiger partial charge in [-0.05, 0) is 25.7 Å². The van der Waals surface area contributed by atoms with Crippen molar-refractivity contribution in [2.75, 3.05) is 13.2 Å². The van der Waals surface area contributed by atoms with Crippen molar-refractivity contribution in [1.29, 1.82) is 0 Å². The van der Waals surface area contributed by atoms with E-state index in [4.69, 9.17) is 10.2 Å². The molecule has 1 aliphatic rings. The molecule has 0 aromatic heterocycles. The van der Waals surface area contributed by atoms with Crippen molar-refractivity contribution in [3.8, 4) is 0 Å². The summed E-state index contributed by atoms with van der Waals surface area (Å²) in [6.45, 7) is 4.42. The lowest BCUT2D eigenvalue weighted by Crippen LogP contribution is -2.15. The van der Waals surface area contributed by atoms with Gasteiger partial charge in [0, 0.05) is 5.41 Å². The van der Waals surface area contributed by atoms with Gasteiger partial charge in [-0.2, -0.15) is 0 Å². The Labute approximate surface area is 73.9 Å². The Bertz CT molecular complexity index is 180. The molecule has 0 amide bonds. The van der Waals surface area contributed by atoms with E-state index in [1.165, 1.54) is 5.57 Å². The highest BCUT2D eigenvalue weighted by Gasteiger charge is 2.53. The highest BCUT2D eigenvalue weighted by molar-refractivity contribution is 5.19. The second-order valence-electron chi connectivity index (χ2n) is 3.79. The highest BCUT2D eigenvalue weighted by Crippen LogP contribution is 2.55. The summed E-state index contributed by atoms with van der Waals surface area (Å²) in [5.41, 5.74) is 1.14. The quantitative estimate of drug-likeness (QED) is 0.625. The second kappa shape index (κ2) is 3.58. The van der Waals surface area contributed by atoms with Gasteiger partial charge in [0.15, 0.2) is 0 Å². The molecule has 0 bridgehead atoms. The Hall–Kier alpha value is -0.340. The summed E-state index contributed by atoms with van der Waals surface area (Å²) in [6.07, 6.45) is 4.16. The smallest absolute Gasteiger partial charge is 0.0515 e. The van der Waals surface area contributed by atoms with E-state index in [0.717, 1.165) is 12.8 Å². The Morgan fingerprint density at radius 1 is 1.50 bits per heavy atom. The molecule has 0 spiro atoms. The normalized spacial score (nSPS) is 27.3. The molecular weight excluding hydrogens is 152 g/mol. The summed E-state index contributed by atoms with van der Waals surface area (Å²) in [6, 6.07) is 0. The maximum Gasteiger partial charge on any atom is 0.0515 e. The van der Waals surface area contributed by atoms with Crippen molar-refractivity contribution in [1.82, 2.24) is 0 Å². The first kappa shape index (κ1) is 9.75. The first-order valence-corrected chi connectivity index (χ1v) is 4.58. The third-order valence-electron chi connectivity index (χ3n) is 2.90. The van der Waals surface area contributed by atoms with E-state index < -0.39 is 0 Å². The molecule has 2 N–H and O–H groups in total. The second-order valence-corrected chi connectivity index (χ2v) is 3.79. The van der Waals surface area contributed by atoms with Crippen LogP contribution in [-0.4, -0.2) is 23.4 Å². The molecule has 2 heteroatoms. The lowest BCUT2D eigenvalue weighted by Gasteiger charge is -2.10. The third-order valence-corrected chi connectivity index (χ3v) is 2.90. The molecule has 12 heavy (non-hydrogen) atoms. The van der Waals surface area contributed by atoms with Crippen LogP contribution in [0.1, 0.15) is 26.7 Å². The molecule has 0 aromatic rings. The number of aliphatic hydroxyl groups excluding tert-OH is 2. The molecule has 1 aliphatic carbocycles. The van der Waals surface area contributed by atoms with E-state index >= 15 is 0 Å². The average molecular weight is 170 g/mol. The van der Waals surface area contributed by atoms with Gasteiger partial charge in [0.05, 0.1) is 13.2 Å². The molecule has 70 valence electrons. The summed E-state index contributed by atoms with van der Waals surface area (Å²) in [7, 11) is 0. The fourth-order valence-corrected chi connectivity index (χ4v) is 1.86. The molecule has 2 nitrogen and oxygen atoms in total. The number of aliphatic hydroxyl groups is 2. The van der Waals surface area contributed by atoms with Gasteiger partial charge in [0.1, 0.15) is 0 Å². The van der Waals surface area contributed by atoms with Crippen molar-refractivity contribution in [2.24, 2.45) is 11.3 Å².